The van der Waals surface area contributed by atoms with E-state index < -0.39 is 6.04 Å². The molecule has 4 aromatic rings. The first-order chi connectivity index (χ1) is 15.6. The van der Waals surface area contributed by atoms with Crippen LogP contribution in [-0.4, -0.2) is 30.8 Å². The van der Waals surface area contributed by atoms with Crippen LogP contribution in [0.4, 0.5) is 11.6 Å². The summed E-state index contributed by atoms with van der Waals surface area (Å²) in [7, 11) is 0. The summed E-state index contributed by atoms with van der Waals surface area (Å²) in [4.78, 5) is 22.1. The summed E-state index contributed by atoms with van der Waals surface area (Å²) in [6.45, 7) is 1.85. The Morgan fingerprint density at radius 2 is 1.84 bits per heavy atom. The van der Waals surface area contributed by atoms with Crippen molar-refractivity contribution >= 4 is 17.5 Å². The molecule has 0 unspecified atom stereocenters. The Hall–Kier alpha value is -4.46. The minimum absolute atomic E-state index is 0.171. The number of aromatic hydroxyl groups is 1. The van der Waals surface area contributed by atoms with Gasteiger partial charge in [0.2, 0.25) is 5.95 Å². The molecule has 0 saturated carbocycles. The topological polar surface area (TPSA) is 105 Å². The molecule has 1 atom stereocenters. The number of amides is 1. The standard InChI is InChI=1S/C24H20N6O2/c1-15-20(23(32)27-18-8-5-13-25-14-18)21(16-6-3-2-4-7-16)30-24(26-15)28-22(29-30)17-9-11-19(31)12-10-17/h2-14,21,31H,1H3,(H,27,32)(H,26,28,29)/t21-/m1/s1. The average Bonchev–Trinajstić information content (AvgIpc) is 3.23. The number of carbonyl (C=O) groups excluding carboxylic acids is 1. The fraction of sp³-hybridized carbons (Fsp3) is 0.0833. The van der Waals surface area contributed by atoms with Crippen LogP contribution in [0.3, 0.4) is 0 Å². The quantitative estimate of drug-likeness (QED) is 0.458. The Labute approximate surface area is 184 Å². The van der Waals surface area contributed by atoms with Gasteiger partial charge in [-0.1, -0.05) is 30.3 Å². The van der Waals surface area contributed by atoms with Gasteiger partial charge in [0.05, 0.1) is 17.5 Å². The van der Waals surface area contributed by atoms with Gasteiger partial charge in [0, 0.05) is 17.5 Å². The molecule has 0 spiro atoms. The van der Waals surface area contributed by atoms with Crippen LogP contribution in [0.5, 0.6) is 5.75 Å². The lowest BCUT2D eigenvalue weighted by Crippen LogP contribution is -2.31. The van der Waals surface area contributed by atoms with E-state index >= 15 is 0 Å². The number of phenols is 1. The first-order valence-electron chi connectivity index (χ1n) is 10.1. The zero-order valence-corrected chi connectivity index (χ0v) is 17.2. The number of rotatable bonds is 4. The molecule has 0 aliphatic carbocycles. The zero-order valence-electron chi connectivity index (χ0n) is 17.2. The van der Waals surface area contributed by atoms with E-state index in [0.29, 0.717) is 28.7 Å². The lowest BCUT2D eigenvalue weighted by Gasteiger charge is -2.28. The number of phenolic OH excluding ortho intramolecular Hbond substituents is 1. The van der Waals surface area contributed by atoms with Crippen molar-refractivity contribution in [2.75, 3.05) is 10.6 Å². The Morgan fingerprint density at radius 3 is 2.56 bits per heavy atom. The molecule has 1 amide bonds. The molecule has 158 valence electrons. The number of nitrogens with one attached hydrogen (secondary N) is 2. The van der Waals surface area contributed by atoms with Gasteiger partial charge in [-0.25, -0.2) is 4.68 Å². The number of allylic oxidation sites excluding steroid dienone is 1. The second kappa shape index (κ2) is 7.99. The molecule has 8 nitrogen and oxygen atoms in total. The number of hydrogen-bond acceptors (Lipinski definition) is 6. The molecule has 3 N–H and O–H groups in total. The normalized spacial score (nSPS) is 15.1. The van der Waals surface area contributed by atoms with Crippen molar-refractivity contribution < 1.29 is 9.90 Å². The molecule has 1 aliphatic heterocycles. The highest BCUT2D eigenvalue weighted by atomic mass is 16.3. The van der Waals surface area contributed by atoms with E-state index in [4.69, 9.17) is 5.10 Å². The van der Waals surface area contributed by atoms with Crippen LogP contribution in [0.15, 0.2) is 90.4 Å². The Bertz CT molecular complexity index is 1300. The summed E-state index contributed by atoms with van der Waals surface area (Å²) < 4.78 is 1.72. The number of benzene rings is 2. The number of pyridine rings is 1. The first-order valence-corrected chi connectivity index (χ1v) is 10.1. The summed E-state index contributed by atoms with van der Waals surface area (Å²) >= 11 is 0. The van der Waals surface area contributed by atoms with Crippen molar-refractivity contribution in [1.29, 1.82) is 0 Å². The van der Waals surface area contributed by atoms with Crippen molar-refractivity contribution in [3.05, 3.63) is 96.0 Å². The Morgan fingerprint density at radius 1 is 1.06 bits per heavy atom. The molecule has 0 saturated heterocycles. The van der Waals surface area contributed by atoms with Crippen LogP contribution >= 0.6 is 0 Å². The first kappa shape index (κ1) is 19.5. The molecule has 32 heavy (non-hydrogen) atoms. The fourth-order valence-electron chi connectivity index (χ4n) is 3.76. The van der Waals surface area contributed by atoms with Gasteiger partial charge in [-0.05, 0) is 48.9 Å². The Kier molecular flexibility index (Phi) is 4.87. The van der Waals surface area contributed by atoms with Gasteiger partial charge in [0.25, 0.3) is 5.91 Å². The van der Waals surface area contributed by atoms with Crippen LogP contribution in [0.2, 0.25) is 0 Å². The van der Waals surface area contributed by atoms with Crippen molar-refractivity contribution in [2.45, 2.75) is 13.0 Å². The van der Waals surface area contributed by atoms with Crippen LogP contribution in [0.1, 0.15) is 18.5 Å². The average molecular weight is 424 g/mol. The molecular weight excluding hydrogens is 404 g/mol. The second-order valence-electron chi connectivity index (χ2n) is 7.42. The molecule has 2 aromatic carbocycles. The largest absolute Gasteiger partial charge is 0.508 e. The maximum atomic E-state index is 13.4. The van der Waals surface area contributed by atoms with Crippen molar-refractivity contribution in [3.8, 4) is 17.1 Å². The lowest BCUT2D eigenvalue weighted by molar-refractivity contribution is -0.113. The number of nitrogens with zero attached hydrogens (tertiary/aromatic N) is 4. The van der Waals surface area contributed by atoms with Gasteiger partial charge in [-0.15, -0.1) is 5.10 Å². The lowest BCUT2D eigenvalue weighted by atomic mass is 9.95. The smallest absolute Gasteiger partial charge is 0.255 e. The molecule has 0 fully saturated rings. The number of hydrogen-bond donors (Lipinski definition) is 3. The third-order valence-electron chi connectivity index (χ3n) is 5.26. The zero-order chi connectivity index (χ0) is 22.1. The summed E-state index contributed by atoms with van der Waals surface area (Å²) in [5.41, 5.74) is 3.51. The predicted octanol–water partition coefficient (Wildman–Crippen LogP) is 3.97. The van der Waals surface area contributed by atoms with Gasteiger partial charge < -0.3 is 15.7 Å². The number of carbonyl (C=O) groups is 1. The van der Waals surface area contributed by atoms with Gasteiger partial charge in [-0.3, -0.25) is 9.78 Å². The molecule has 5 rings (SSSR count). The molecular formula is C24H20N6O2. The van der Waals surface area contributed by atoms with E-state index in [-0.39, 0.29) is 11.7 Å². The summed E-state index contributed by atoms with van der Waals surface area (Å²) in [5.74, 6) is 0.960. The maximum Gasteiger partial charge on any atom is 0.255 e. The fourth-order valence-corrected chi connectivity index (χ4v) is 3.76. The number of anilines is 2. The van der Waals surface area contributed by atoms with Crippen LogP contribution < -0.4 is 10.6 Å². The molecule has 8 heteroatoms. The van der Waals surface area contributed by atoms with E-state index in [9.17, 15) is 9.90 Å². The molecule has 0 radical (unpaired) electrons. The predicted molar refractivity (Wildman–Crippen MR) is 121 cm³/mol. The van der Waals surface area contributed by atoms with E-state index in [1.165, 1.54) is 0 Å². The summed E-state index contributed by atoms with van der Waals surface area (Å²) in [6, 6.07) is 19.5. The van der Waals surface area contributed by atoms with Gasteiger partial charge in [0.15, 0.2) is 5.82 Å². The van der Waals surface area contributed by atoms with E-state index in [1.54, 1.807) is 53.5 Å². The van der Waals surface area contributed by atoms with Crippen LogP contribution in [0.25, 0.3) is 11.4 Å². The minimum Gasteiger partial charge on any atom is -0.508 e. The van der Waals surface area contributed by atoms with E-state index in [2.05, 4.69) is 20.6 Å². The number of aromatic nitrogens is 4. The molecule has 1 aliphatic rings. The van der Waals surface area contributed by atoms with Crippen molar-refractivity contribution in [1.82, 2.24) is 19.7 Å². The van der Waals surface area contributed by atoms with E-state index in [1.807, 2.05) is 37.3 Å². The summed E-state index contributed by atoms with van der Waals surface area (Å²) in [5, 5.41) is 20.5. The Balaban J connectivity index is 1.59. The minimum atomic E-state index is -0.470. The molecule has 2 aromatic heterocycles. The van der Waals surface area contributed by atoms with Crippen molar-refractivity contribution in [2.24, 2.45) is 0 Å². The number of fused-ring (bicyclic) bond motifs is 1. The van der Waals surface area contributed by atoms with E-state index in [0.717, 1.165) is 11.1 Å². The van der Waals surface area contributed by atoms with Gasteiger partial charge in [-0.2, -0.15) is 4.98 Å². The van der Waals surface area contributed by atoms with Crippen molar-refractivity contribution in [3.63, 3.8) is 0 Å². The van der Waals surface area contributed by atoms with Crippen LogP contribution in [0, 0.1) is 0 Å². The highest BCUT2D eigenvalue weighted by molar-refractivity contribution is 6.05. The SMILES string of the molecule is CC1=C(C(=O)Nc2cccnc2)[C@@H](c2ccccc2)n2nc(-c3ccc(O)cc3)nc2N1. The molecule has 3 heterocycles. The third kappa shape index (κ3) is 3.58. The highest BCUT2D eigenvalue weighted by Crippen LogP contribution is 2.36. The summed E-state index contributed by atoms with van der Waals surface area (Å²) in [6.07, 6.45) is 3.26. The maximum absolute atomic E-state index is 13.4. The highest BCUT2D eigenvalue weighted by Gasteiger charge is 2.34. The monoisotopic (exact) mass is 424 g/mol. The second-order valence-corrected chi connectivity index (χ2v) is 7.42. The van der Waals surface area contributed by atoms with Crippen LogP contribution in [-0.2, 0) is 4.79 Å². The third-order valence-corrected chi connectivity index (χ3v) is 5.26. The van der Waals surface area contributed by atoms with Gasteiger partial charge in [0.1, 0.15) is 11.8 Å². The van der Waals surface area contributed by atoms with Gasteiger partial charge >= 0.3 is 0 Å². The molecule has 0 bridgehead atoms.